The zero-order valence-corrected chi connectivity index (χ0v) is 9.02. The molecule has 1 aromatic rings. The van der Waals surface area contributed by atoms with Gasteiger partial charge in [-0.2, -0.15) is 0 Å². The highest BCUT2D eigenvalue weighted by Crippen LogP contribution is 1.97. The Balaban J connectivity index is 2.78. The number of H-pyrrole nitrogens is 1. The summed E-state index contributed by atoms with van der Waals surface area (Å²) in [5, 5.41) is 0. The van der Waals surface area contributed by atoms with Crippen molar-refractivity contribution in [3.8, 4) is 0 Å². The Labute approximate surface area is 91.8 Å². The van der Waals surface area contributed by atoms with Gasteiger partial charge in [-0.3, -0.25) is 14.4 Å². The number of ether oxygens (including phenoxy) is 1. The quantitative estimate of drug-likeness (QED) is 0.710. The maximum absolute atomic E-state index is 11.7. The number of carbonyl (C=O) groups is 2. The molecule has 6 nitrogen and oxygen atoms in total. The Morgan fingerprint density at radius 2 is 2.12 bits per heavy atom. The lowest BCUT2D eigenvalue weighted by molar-refractivity contribution is -0.141. The Hall–Kier alpha value is -2.11. The lowest BCUT2D eigenvalue weighted by Crippen LogP contribution is -2.33. The molecule has 16 heavy (non-hydrogen) atoms. The molecule has 1 N–H and O–H groups in total. The number of pyridine rings is 1. The summed E-state index contributed by atoms with van der Waals surface area (Å²) >= 11 is 0. The number of nitrogens with zero attached hydrogens (tertiary/aromatic N) is 1. The van der Waals surface area contributed by atoms with Crippen molar-refractivity contribution in [3.05, 3.63) is 34.2 Å². The number of rotatable bonds is 3. The Morgan fingerprint density at radius 1 is 1.44 bits per heavy atom. The predicted molar refractivity (Wildman–Crippen MR) is 56.0 cm³/mol. The van der Waals surface area contributed by atoms with Crippen LogP contribution < -0.4 is 5.56 Å². The molecule has 0 aliphatic rings. The topological polar surface area (TPSA) is 79.5 Å². The number of esters is 1. The first-order valence-electron chi connectivity index (χ1n) is 4.56. The third-order valence-corrected chi connectivity index (χ3v) is 1.94. The summed E-state index contributed by atoms with van der Waals surface area (Å²) in [5.41, 5.74) is -0.226. The SMILES string of the molecule is COC(=O)CN(C)C(=O)c1cccc(=O)[nH]1. The van der Waals surface area contributed by atoms with Crippen LogP contribution in [0.4, 0.5) is 0 Å². The standard InChI is InChI=1S/C10H12N2O4/c1-12(6-9(14)16-2)10(15)7-4-3-5-8(13)11-7/h3-5H,6H2,1-2H3,(H,11,13). The van der Waals surface area contributed by atoms with Crippen LogP contribution in [0.25, 0.3) is 0 Å². The molecule has 0 atom stereocenters. The highest BCUT2D eigenvalue weighted by Gasteiger charge is 2.15. The second-order valence-electron chi connectivity index (χ2n) is 3.17. The summed E-state index contributed by atoms with van der Waals surface area (Å²) in [5.74, 6) is -0.961. The predicted octanol–water partition coefficient (Wildman–Crippen LogP) is -0.380. The van der Waals surface area contributed by atoms with E-state index in [0.717, 1.165) is 4.90 Å². The number of hydrogen-bond acceptors (Lipinski definition) is 4. The van der Waals surface area contributed by atoms with E-state index in [9.17, 15) is 14.4 Å². The second-order valence-corrected chi connectivity index (χ2v) is 3.17. The lowest BCUT2D eigenvalue weighted by atomic mass is 10.3. The van der Waals surface area contributed by atoms with E-state index >= 15 is 0 Å². The van der Waals surface area contributed by atoms with Crippen molar-refractivity contribution in [3.63, 3.8) is 0 Å². The molecule has 1 rings (SSSR count). The van der Waals surface area contributed by atoms with Crippen molar-refractivity contribution in [2.75, 3.05) is 20.7 Å². The van der Waals surface area contributed by atoms with Gasteiger partial charge >= 0.3 is 5.97 Å². The molecule has 1 heterocycles. The van der Waals surface area contributed by atoms with Gasteiger partial charge < -0.3 is 14.6 Å². The Bertz CT molecular complexity index is 452. The summed E-state index contributed by atoms with van der Waals surface area (Å²) in [4.78, 5) is 37.2. The average molecular weight is 224 g/mol. The maximum Gasteiger partial charge on any atom is 0.325 e. The molecule has 0 unspecified atom stereocenters. The van der Waals surface area contributed by atoms with Crippen molar-refractivity contribution in [2.45, 2.75) is 0 Å². The molecule has 0 aromatic carbocycles. The minimum atomic E-state index is -0.519. The van der Waals surface area contributed by atoms with Crippen LogP contribution in [0, 0.1) is 0 Å². The fraction of sp³-hybridized carbons (Fsp3) is 0.300. The highest BCUT2D eigenvalue weighted by molar-refractivity contribution is 5.93. The van der Waals surface area contributed by atoms with Crippen LogP contribution in [-0.2, 0) is 9.53 Å². The molecule has 0 fully saturated rings. The number of aromatic nitrogens is 1. The van der Waals surface area contributed by atoms with Gasteiger partial charge in [0.05, 0.1) is 7.11 Å². The van der Waals surface area contributed by atoms with E-state index in [-0.39, 0.29) is 17.8 Å². The van der Waals surface area contributed by atoms with E-state index < -0.39 is 11.9 Å². The average Bonchev–Trinajstić information content (AvgIpc) is 2.27. The van der Waals surface area contributed by atoms with Gasteiger partial charge in [-0.1, -0.05) is 6.07 Å². The van der Waals surface area contributed by atoms with Gasteiger partial charge in [0.2, 0.25) is 5.56 Å². The van der Waals surface area contributed by atoms with Gasteiger partial charge in [0.1, 0.15) is 12.2 Å². The summed E-state index contributed by atoms with van der Waals surface area (Å²) in [6.07, 6.45) is 0. The number of aromatic amines is 1. The fourth-order valence-electron chi connectivity index (χ4n) is 1.11. The van der Waals surface area contributed by atoms with Crippen LogP contribution in [0.3, 0.4) is 0 Å². The minimum Gasteiger partial charge on any atom is -0.468 e. The third kappa shape index (κ3) is 2.94. The van der Waals surface area contributed by atoms with E-state index in [1.807, 2.05) is 0 Å². The van der Waals surface area contributed by atoms with Gasteiger partial charge in [-0.05, 0) is 6.07 Å². The number of methoxy groups -OCH3 is 1. The molecule has 1 amide bonds. The van der Waals surface area contributed by atoms with Gasteiger partial charge in [-0.15, -0.1) is 0 Å². The smallest absolute Gasteiger partial charge is 0.325 e. The largest absolute Gasteiger partial charge is 0.468 e. The van der Waals surface area contributed by atoms with Crippen LogP contribution in [0.2, 0.25) is 0 Å². The van der Waals surface area contributed by atoms with Gasteiger partial charge in [0.25, 0.3) is 5.91 Å². The molecule has 0 radical (unpaired) electrons. The van der Waals surface area contributed by atoms with Crippen molar-refractivity contribution < 1.29 is 14.3 Å². The van der Waals surface area contributed by atoms with Crippen LogP contribution in [0.5, 0.6) is 0 Å². The lowest BCUT2D eigenvalue weighted by Gasteiger charge is -2.14. The molecule has 1 aromatic heterocycles. The molecular formula is C10H12N2O4. The molecule has 0 spiro atoms. The van der Waals surface area contributed by atoms with Crippen LogP contribution in [0.15, 0.2) is 23.0 Å². The van der Waals surface area contributed by atoms with Crippen LogP contribution >= 0.6 is 0 Å². The zero-order chi connectivity index (χ0) is 12.1. The molecule has 0 saturated heterocycles. The van der Waals surface area contributed by atoms with Crippen molar-refractivity contribution >= 4 is 11.9 Å². The second kappa shape index (κ2) is 5.11. The van der Waals surface area contributed by atoms with E-state index in [1.54, 1.807) is 0 Å². The molecule has 0 aliphatic carbocycles. The Kier molecular flexibility index (Phi) is 3.82. The highest BCUT2D eigenvalue weighted by atomic mass is 16.5. The third-order valence-electron chi connectivity index (χ3n) is 1.94. The number of nitrogens with one attached hydrogen (secondary N) is 1. The summed E-state index contributed by atoms with van der Waals surface area (Å²) < 4.78 is 4.43. The molecule has 0 saturated carbocycles. The molecular weight excluding hydrogens is 212 g/mol. The first-order valence-corrected chi connectivity index (χ1v) is 4.56. The van der Waals surface area contributed by atoms with Crippen molar-refractivity contribution in [2.24, 2.45) is 0 Å². The maximum atomic E-state index is 11.7. The number of carbonyl (C=O) groups excluding carboxylic acids is 2. The van der Waals surface area contributed by atoms with Gasteiger partial charge in [0.15, 0.2) is 0 Å². The number of amides is 1. The van der Waals surface area contributed by atoms with Crippen molar-refractivity contribution in [1.29, 1.82) is 0 Å². The van der Waals surface area contributed by atoms with E-state index in [2.05, 4.69) is 9.72 Å². The van der Waals surface area contributed by atoms with Crippen molar-refractivity contribution in [1.82, 2.24) is 9.88 Å². The molecule has 0 bridgehead atoms. The number of likely N-dealkylation sites (N-methyl/N-ethyl adjacent to an activating group) is 1. The monoisotopic (exact) mass is 224 g/mol. The van der Waals surface area contributed by atoms with Crippen LogP contribution in [0.1, 0.15) is 10.5 Å². The Morgan fingerprint density at radius 3 is 2.69 bits per heavy atom. The van der Waals surface area contributed by atoms with Crippen LogP contribution in [-0.4, -0.2) is 42.5 Å². The minimum absolute atomic E-state index is 0.138. The molecule has 6 heteroatoms. The summed E-state index contributed by atoms with van der Waals surface area (Å²) in [6.45, 7) is -0.160. The summed E-state index contributed by atoms with van der Waals surface area (Å²) in [6, 6.07) is 4.24. The molecule has 0 aliphatic heterocycles. The first kappa shape index (κ1) is 12.0. The van der Waals surface area contributed by atoms with E-state index in [4.69, 9.17) is 0 Å². The molecule has 86 valence electrons. The van der Waals surface area contributed by atoms with E-state index in [0.29, 0.717) is 0 Å². The number of hydrogen-bond donors (Lipinski definition) is 1. The van der Waals surface area contributed by atoms with Gasteiger partial charge in [0, 0.05) is 13.1 Å². The summed E-state index contributed by atoms with van der Waals surface area (Å²) in [7, 11) is 2.69. The zero-order valence-electron chi connectivity index (χ0n) is 9.02. The normalized spacial score (nSPS) is 9.62. The van der Waals surface area contributed by atoms with Gasteiger partial charge in [-0.25, -0.2) is 0 Å². The fourth-order valence-corrected chi connectivity index (χ4v) is 1.11. The first-order chi connectivity index (χ1) is 7.54. The van der Waals surface area contributed by atoms with E-state index in [1.165, 1.54) is 32.4 Å².